The zero-order valence-electron chi connectivity index (χ0n) is 15.3. The van der Waals surface area contributed by atoms with Crippen molar-refractivity contribution in [3.05, 3.63) is 40.3 Å². The number of thiophene rings is 1. The lowest BCUT2D eigenvalue weighted by molar-refractivity contribution is 0.0602. The lowest BCUT2D eigenvalue weighted by Gasteiger charge is -2.20. The maximum absolute atomic E-state index is 11.9. The first-order valence-corrected chi connectivity index (χ1v) is 9.10. The fraction of sp³-hybridized carbons (Fsp3) is 0.333. The number of hydrogen-bond acceptors (Lipinski definition) is 6. The molecular formula is C18H22N2O4S2. The molecule has 0 fully saturated rings. The average Bonchev–Trinajstić information content (AvgIpc) is 3.00. The zero-order chi connectivity index (χ0) is 19.3. The summed E-state index contributed by atoms with van der Waals surface area (Å²) < 4.78 is 15.5. The standard InChI is InChI=1S/C18H22N2O4S2/c1-10-8-14(17(21)24-5)16(26-10)20-18(25)19-11(2)13-9-12(22-3)6-7-15(13)23-4/h6-9,11H,1-5H3,(H2,19,20,25). The average molecular weight is 395 g/mol. The highest BCUT2D eigenvalue weighted by atomic mass is 32.1. The Morgan fingerprint density at radius 3 is 2.54 bits per heavy atom. The minimum absolute atomic E-state index is 0.136. The molecule has 6 nitrogen and oxygen atoms in total. The molecule has 1 unspecified atom stereocenters. The molecule has 1 aromatic carbocycles. The van der Waals surface area contributed by atoms with E-state index in [0.717, 1.165) is 21.9 Å². The van der Waals surface area contributed by atoms with E-state index in [9.17, 15) is 4.79 Å². The van der Waals surface area contributed by atoms with E-state index >= 15 is 0 Å². The van der Waals surface area contributed by atoms with Crippen molar-refractivity contribution in [1.29, 1.82) is 0 Å². The van der Waals surface area contributed by atoms with Gasteiger partial charge in [-0.05, 0) is 50.3 Å². The van der Waals surface area contributed by atoms with Crippen molar-refractivity contribution >= 4 is 39.6 Å². The van der Waals surface area contributed by atoms with Crippen molar-refractivity contribution in [3.8, 4) is 11.5 Å². The predicted molar refractivity (Wildman–Crippen MR) is 108 cm³/mol. The van der Waals surface area contributed by atoms with E-state index in [2.05, 4.69) is 10.6 Å². The van der Waals surface area contributed by atoms with Gasteiger partial charge in [0.1, 0.15) is 16.5 Å². The molecule has 2 aromatic rings. The number of rotatable bonds is 6. The second kappa shape index (κ2) is 8.86. The van der Waals surface area contributed by atoms with Crippen LogP contribution in [0.4, 0.5) is 5.00 Å². The number of hydrogen-bond donors (Lipinski definition) is 2. The lowest BCUT2D eigenvalue weighted by Crippen LogP contribution is -2.31. The summed E-state index contributed by atoms with van der Waals surface area (Å²) in [5, 5.41) is 7.33. The summed E-state index contributed by atoms with van der Waals surface area (Å²) in [6.07, 6.45) is 0. The Bertz CT molecular complexity index is 804. The Morgan fingerprint density at radius 1 is 1.19 bits per heavy atom. The summed E-state index contributed by atoms with van der Waals surface area (Å²) >= 11 is 6.84. The van der Waals surface area contributed by atoms with Gasteiger partial charge in [0, 0.05) is 10.4 Å². The number of carbonyl (C=O) groups excluding carboxylic acids is 1. The summed E-state index contributed by atoms with van der Waals surface area (Å²) in [4.78, 5) is 12.9. The van der Waals surface area contributed by atoms with E-state index in [0.29, 0.717) is 15.7 Å². The van der Waals surface area contributed by atoms with Gasteiger partial charge in [0.15, 0.2) is 5.11 Å². The van der Waals surface area contributed by atoms with Crippen molar-refractivity contribution in [1.82, 2.24) is 5.32 Å². The van der Waals surface area contributed by atoms with Crippen molar-refractivity contribution < 1.29 is 19.0 Å². The quantitative estimate of drug-likeness (QED) is 0.569. The van der Waals surface area contributed by atoms with Crippen LogP contribution in [0.5, 0.6) is 11.5 Å². The minimum atomic E-state index is -0.401. The van der Waals surface area contributed by atoms with Crippen LogP contribution >= 0.6 is 23.6 Å². The third kappa shape index (κ3) is 4.64. The molecule has 0 aliphatic heterocycles. The molecule has 140 valence electrons. The van der Waals surface area contributed by atoms with E-state index in [1.54, 1.807) is 20.3 Å². The number of methoxy groups -OCH3 is 3. The zero-order valence-corrected chi connectivity index (χ0v) is 17.0. The molecule has 0 bridgehead atoms. The fourth-order valence-corrected chi connectivity index (χ4v) is 3.71. The number of aryl methyl sites for hydroxylation is 1. The molecule has 26 heavy (non-hydrogen) atoms. The molecule has 0 saturated heterocycles. The molecule has 0 saturated carbocycles. The molecule has 8 heteroatoms. The first-order chi connectivity index (χ1) is 12.4. The maximum atomic E-state index is 11.9. The Hall–Kier alpha value is -2.32. The molecule has 1 aromatic heterocycles. The van der Waals surface area contributed by atoms with Crippen LogP contribution in [0.2, 0.25) is 0 Å². The highest BCUT2D eigenvalue weighted by Crippen LogP contribution is 2.30. The molecule has 0 radical (unpaired) electrons. The first-order valence-electron chi connectivity index (χ1n) is 7.87. The third-order valence-electron chi connectivity index (χ3n) is 3.74. The monoisotopic (exact) mass is 394 g/mol. The van der Waals surface area contributed by atoms with Crippen molar-refractivity contribution in [2.75, 3.05) is 26.6 Å². The van der Waals surface area contributed by atoms with Crippen LogP contribution < -0.4 is 20.1 Å². The van der Waals surface area contributed by atoms with E-state index < -0.39 is 5.97 Å². The molecule has 1 heterocycles. The number of thiocarbonyl (C=S) groups is 1. The van der Waals surface area contributed by atoms with Crippen LogP contribution in [0.3, 0.4) is 0 Å². The van der Waals surface area contributed by atoms with Crippen molar-refractivity contribution in [3.63, 3.8) is 0 Å². The number of carbonyl (C=O) groups is 1. The SMILES string of the molecule is COC(=O)c1cc(C)sc1NC(=S)NC(C)c1cc(OC)ccc1OC. The van der Waals surface area contributed by atoms with Crippen LogP contribution in [0.15, 0.2) is 24.3 Å². The molecule has 0 aliphatic carbocycles. The van der Waals surface area contributed by atoms with E-state index in [1.807, 2.05) is 32.0 Å². The van der Waals surface area contributed by atoms with Gasteiger partial charge >= 0.3 is 5.97 Å². The summed E-state index contributed by atoms with van der Waals surface area (Å²) in [5.74, 6) is 1.06. The molecular weight excluding hydrogens is 372 g/mol. The largest absolute Gasteiger partial charge is 0.497 e. The third-order valence-corrected chi connectivity index (χ3v) is 4.92. The van der Waals surface area contributed by atoms with Gasteiger partial charge in [0.2, 0.25) is 0 Å². The topological polar surface area (TPSA) is 68.8 Å². The highest BCUT2D eigenvalue weighted by molar-refractivity contribution is 7.80. The minimum Gasteiger partial charge on any atom is -0.497 e. The Kier molecular flexibility index (Phi) is 6.82. The van der Waals surface area contributed by atoms with Gasteiger partial charge < -0.3 is 24.8 Å². The molecule has 2 N–H and O–H groups in total. The molecule has 0 amide bonds. The van der Waals surface area contributed by atoms with Gasteiger partial charge in [-0.15, -0.1) is 11.3 Å². The maximum Gasteiger partial charge on any atom is 0.340 e. The van der Waals surface area contributed by atoms with Gasteiger partial charge in [-0.1, -0.05) is 0 Å². The summed E-state index contributed by atoms with van der Waals surface area (Å²) in [6.45, 7) is 3.88. The van der Waals surface area contributed by atoms with Crippen LogP contribution in [0, 0.1) is 6.92 Å². The van der Waals surface area contributed by atoms with Crippen LogP contribution in [-0.4, -0.2) is 32.4 Å². The van der Waals surface area contributed by atoms with Crippen LogP contribution in [-0.2, 0) is 4.74 Å². The van der Waals surface area contributed by atoms with Gasteiger partial charge in [-0.2, -0.15) is 0 Å². The number of esters is 1. The van der Waals surface area contributed by atoms with E-state index in [-0.39, 0.29) is 6.04 Å². The van der Waals surface area contributed by atoms with E-state index in [1.165, 1.54) is 18.4 Å². The molecule has 1 atom stereocenters. The molecule has 0 aliphatic rings. The fourth-order valence-electron chi connectivity index (χ4n) is 2.46. The summed E-state index contributed by atoms with van der Waals surface area (Å²) in [6, 6.07) is 7.22. The van der Waals surface area contributed by atoms with Crippen molar-refractivity contribution in [2.24, 2.45) is 0 Å². The number of ether oxygens (including phenoxy) is 3. The van der Waals surface area contributed by atoms with Crippen LogP contribution in [0.1, 0.15) is 33.8 Å². The Labute approximate surface area is 162 Å². The number of benzene rings is 1. The van der Waals surface area contributed by atoms with E-state index in [4.69, 9.17) is 26.4 Å². The molecule has 0 spiro atoms. The highest BCUT2D eigenvalue weighted by Gasteiger charge is 2.18. The van der Waals surface area contributed by atoms with Crippen molar-refractivity contribution in [2.45, 2.75) is 19.9 Å². The van der Waals surface area contributed by atoms with Crippen LogP contribution in [0.25, 0.3) is 0 Å². The second-order valence-corrected chi connectivity index (χ2v) is 7.18. The smallest absolute Gasteiger partial charge is 0.340 e. The number of anilines is 1. The number of nitrogens with one attached hydrogen (secondary N) is 2. The predicted octanol–water partition coefficient (Wildman–Crippen LogP) is 3.91. The van der Waals surface area contributed by atoms with Gasteiger partial charge in [-0.3, -0.25) is 0 Å². The first kappa shape index (κ1) is 20.0. The second-order valence-electron chi connectivity index (χ2n) is 5.52. The van der Waals surface area contributed by atoms with Gasteiger partial charge in [0.25, 0.3) is 0 Å². The Morgan fingerprint density at radius 2 is 1.92 bits per heavy atom. The summed E-state index contributed by atoms with van der Waals surface area (Å²) in [5.41, 5.74) is 1.37. The normalized spacial score (nSPS) is 11.4. The van der Waals surface area contributed by atoms with Gasteiger partial charge in [-0.25, -0.2) is 4.79 Å². The lowest BCUT2D eigenvalue weighted by atomic mass is 10.1. The summed E-state index contributed by atoms with van der Waals surface area (Å²) in [7, 11) is 4.59. The Balaban J connectivity index is 2.15. The van der Waals surface area contributed by atoms with Gasteiger partial charge in [0.05, 0.1) is 32.9 Å². The molecule has 2 rings (SSSR count).